The van der Waals surface area contributed by atoms with Gasteiger partial charge in [-0.3, -0.25) is 4.55 Å². The maximum atomic E-state index is 11.9. The first-order chi connectivity index (χ1) is 11.0. The van der Waals surface area contributed by atoms with Crippen molar-refractivity contribution < 1.29 is 13.0 Å². The van der Waals surface area contributed by atoms with Gasteiger partial charge in [0.05, 0.1) is 0 Å². The lowest BCUT2D eigenvalue weighted by molar-refractivity contribution is 0.405. The Labute approximate surface area is 136 Å². The molecule has 0 saturated heterocycles. The van der Waals surface area contributed by atoms with Crippen molar-refractivity contribution in [3.8, 4) is 0 Å². The maximum absolute atomic E-state index is 11.9. The number of benzene rings is 2. The third kappa shape index (κ3) is 3.21. The fourth-order valence-corrected chi connectivity index (χ4v) is 3.80. The molecule has 1 aliphatic heterocycles. The van der Waals surface area contributed by atoms with E-state index in [9.17, 15) is 13.0 Å². The topological polar surface area (TPSA) is 57.6 Å². The first-order valence-corrected chi connectivity index (χ1v) is 8.69. The number of hydrogen-bond acceptors (Lipinski definition) is 3. The highest BCUT2D eigenvalue weighted by molar-refractivity contribution is 7.86. The molecule has 1 aliphatic rings. The summed E-state index contributed by atoms with van der Waals surface area (Å²) in [5.74, 6) is 0. The Hall–Kier alpha value is -2.37. The predicted octanol–water partition coefficient (Wildman–Crippen LogP) is 3.27. The van der Waals surface area contributed by atoms with Crippen LogP contribution in [0.3, 0.4) is 0 Å². The van der Waals surface area contributed by atoms with E-state index in [0.29, 0.717) is 5.57 Å². The third-order valence-corrected chi connectivity index (χ3v) is 4.94. The van der Waals surface area contributed by atoms with Crippen molar-refractivity contribution in [2.75, 3.05) is 7.05 Å². The summed E-state index contributed by atoms with van der Waals surface area (Å²) in [6.07, 6.45) is 3.56. The second-order valence-electron chi connectivity index (χ2n) is 5.45. The summed E-state index contributed by atoms with van der Waals surface area (Å²) in [7, 11) is -2.61. The van der Waals surface area contributed by atoms with Gasteiger partial charge in [0, 0.05) is 18.8 Å². The van der Waals surface area contributed by atoms with Gasteiger partial charge in [0.25, 0.3) is 10.1 Å². The average Bonchev–Trinajstić information content (AvgIpc) is 2.54. The molecule has 23 heavy (non-hydrogen) atoms. The van der Waals surface area contributed by atoms with Gasteiger partial charge in [0.2, 0.25) is 0 Å². The second-order valence-corrected chi connectivity index (χ2v) is 6.93. The normalized spacial score (nSPS) is 18.3. The van der Waals surface area contributed by atoms with Crippen LogP contribution < -0.4 is 0 Å². The summed E-state index contributed by atoms with van der Waals surface area (Å²) in [5, 5.41) is -1.11. The van der Waals surface area contributed by atoms with Crippen molar-refractivity contribution in [1.82, 2.24) is 4.90 Å². The molecule has 1 unspecified atom stereocenters. The van der Waals surface area contributed by atoms with E-state index in [2.05, 4.69) is 0 Å². The molecule has 0 amide bonds. The van der Waals surface area contributed by atoms with Crippen molar-refractivity contribution in [1.29, 1.82) is 0 Å². The summed E-state index contributed by atoms with van der Waals surface area (Å²) in [5.41, 5.74) is 3.20. The van der Waals surface area contributed by atoms with Gasteiger partial charge < -0.3 is 4.90 Å². The van der Waals surface area contributed by atoms with Crippen LogP contribution in [-0.4, -0.2) is 30.3 Å². The molecule has 0 saturated carbocycles. The zero-order valence-corrected chi connectivity index (χ0v) is 13.4. The quantitative estimate of drug-likeness (QED) is 0.879. The number of nitrogens with zero attached hydrogens (tertiary/aromatic N) is 1. The molecular formula is C18H17NO3S. The van der Waals surface area contributed by atoms with Gasteiger partial charge in [0.15, 0.2) is 5.37 Å². The Kier molecular flexibility index (Phi) is 4.07. The van der Waals surface area contributed by atoms with Crippen molar-refractivity contribution in [2.24, 2.45) is 0 Å². The third-order valence-electron chi connectivity index (χ3n) is 3.79. The molecule has 1 N–H and O–H groups in total. The molecule has 0 fully saturated rings. The minimum atomic E-state index is -4.26. The standard InChI is InChI=1S/C18H17NO3S/c1-19-13-16(14-8-4-2-5-9-14)12-17(18(19)23(20,21)22)15-10-6-3-7-11-15/h2-13,18H,1H3,(H,20,21,22). The van der Waals surface area contributed by atoms with E-state index in [4.69, 9.17) is 0 Å². The number of likely N-dealkylation sites (N-methyl/N-ethyl adjacent to an activating group) is 1. The van der Waals surface area contributed by atoms with Crippen molar-refractivity contribution in [2.45, 2.75) is 5.37 Å². The molecular weight excluding hydrogens is 310 g/mol. The molecule has 3 rings (SSSR count). The van der Waals surface area contributed by atoms with Gasteiger partial charge in [-0.25, -0.2) is 0 Å². The lowest BCUT2D eigenvalue weighted by Gasteiger charge is -2.31. The first-order valence-electron chi connectivity index (χ1n) is 7.19. The Morgan fingerprint density at radius 1 is 0.913 bits per heavy atom. The lowest BCUT2D eigenvalue weighted by atomic mass is 9.96. The van der Waals surface area contributed by atoms with Gasteiger partial charge in [-0.15, -0.1) is 0 Å². The van der Waals surface area contributed by atoms with E-state index in [1.807, 2.05) is 66.7 Å². The van der Waals surface area contributed by atoms with Gasteiger partial charge in [-0.2, -0.15) is 8.42 Å². The predicted molar refractivity (Wildman–Crippen MR) is 91.9 cm³/mol. The van der Waals surface area contributed by atoms with Gasteiger partial charge in [-0.05, 0) is 22.8 Å². The van der Waals surface area contributed by atoms with Crippen LogP contribution in [0.4, 0.5) is 0 Å². The summed E-state index contributed by atoms with van der Waals surface area (Å²) in [6.45, 7) is 0. The Morgan fingerprint density at radius 3 is 1.96 bits per heavy atom. The highest BCUT2D eigenvalue weighted by Gasteiger charge is 2.33. The highest BCUT2D eigenvalue weighted by atomic mass is 32.2. The molecule has 5 heteroatoms. The van der Waals surface area contributed by atoms with Crippen LogP contribution in [0.1, 0.15) is 11.1 Å². The minimum absolute atomic E-state index is 0.553. The van der Waals surface area contributed by atoms with Crippen LogP contribution in [0.5, 0.6) is 0 Å². The van der Waals surface area contributed by atoms with Crippen molar-refractivity contribution in [3.05, 3.63) is 84.1 Å². The van der Waals surface area contributed by atoms with Gasteiger partial charge >= 0.3 is 0 Å². The zero-order chi connectivity index (χ0) is 16.4. The molecule has 0 spiro atoms. The zero-order valence-electron chi connectivity index (χ0n) is 12.6. The first kappa shape index (κ1) is 15.5. The molecule has 0 bridgehead atoms. The van der Waals surface area contributed by atoms with Crippen LogP contribution in [-0.2, 0) is 10.1 Å². The number of hydrogen-bond donors (Lipinski definition) is 1. The van der Waals surface area contributed by atoms with E-state index >= 15 is 0 Å². The molecule has 2 aromatic rings. The van der Waals surface area contributed by atoms with Crippen LogP contribution in [0.25, 0.3) is 11.1 Å². The highest BCUT2D eigenvalue weighted by Crippen LogP contribution is 2.34. The van der Waals surface area contributed by atoms with E-state index in [1.54, 1.807) is 13.2 Å². The Balaban J connectivity index is 2.16. The molecule has 118 valence electrons. The molecule has 1 atom stereocenters. The van der Waals surface area contributed by atoms with Gasteiger partial charge in [0.1, 0.15) is 0 Å². The van der Waals surface area contributed by atoms with Crippen LogP contribution in [0, 0.1) is 0 Å². The minimum Gasteiger partial charge on any atom is -0.358 e. The largest absolute Gasteiger partial charge is 0.358 e. The summed E-state index contributed by atoms with van der Waals surface area (Å²) < 4.78 is 33.4. The lowest BCUT2D eigenvalue weighted by Crippen LogP contribution is -2.37. The van der Waals surface area contributed by atoms with Crippen LogP contribution >= 0.6 is 0 Å². The Morgan fingerprint density at radius 2 is 1.43 bits per heavy atom. The molecule has 0 aliphatic carbocycles. The maximum Gasteiger partial charge on any atom is 0.290 e. The van der Waals surface area contributed by atoms with E-state index in [0.717, 1.165) is 16.7 Å². The van der Waals surface area contributed by atoms with Crippen LogP contribution in [0.2, 0.25) is 0 Å². The Bertz CT molecular complexity index is 856. The second kappa shape index (κ2) is 6.02. The van der Waals surface area contributed by atoms with Crippen molar-refractivity contribution in [3.63, 3.8) is 0 Å². The van der Waals surface area contributed by atoms with Crippen molar-refractivity contribution >= 4 is 21.3 Å². The molecule has 1 heterocycles. The summed E-state index contributed by atoms with van der Waals surface area (Å²) >= 11 is 0. The fourth-order valence-electron chi connectivity index (χ4n) is 2.80. The monoisotopic (exact) mass is 327 g/mol. The smallest absolute Gasteiger partial charge is 0.290 e. The number of allylic oxidation sites excluding steroid dienone is 2. The molecule has 0 radical (unpaired) electrons. The van der Waals surface area contributed by atoms with E-state index < -0.39 is 15.5 Å². The summed E-state index contributed by atoms with van der Waals surface area (Å²) in [6, 6.07) is 19.0. The average molecular weight is 327 g/mol. The van der Waals surface area contributed by atoms with E-state index in [-0.39, 0.29) is 0 Å². The van der Waals surface area contributed by atoms with Gasteiger partial charge in [-0.1, -0.05) is 60.7 Å². The molecule has 2 aromatic carbocycles. The van der Waals surface area contributed by atoms with Crippen LogP contribution in [0.15, 0.2) is 72.9 Å². The molecule has 0 aromatic heterocycles. The summed E-state index contributed by atoms with van der Waals surface area (Å²) in [4.78, 5) is 1.53. The fraction of sp³-hybridized carbons (Fsp3) is 0.111. The molecule has 4 nitrogen and oxygen atoms in total. The number of rotatable bonds is 3. The SMILES string of the molecule is CN1C=C(c2ccccc2)C=C(c2ccccc2)C1S(=O)(=O)O. The van der Waals surface area contributed by atoms with E-state index in [1.165, 1.54) is 4.90 Å².